The Morgan fingerprint density at radius 2 is 2.05 bits per heavy atom. The van der Waals surface area contributed by atoms with Crippen LogP contribution in [0.3, 0.4) is 0 Å². The van der Waals surface area contributed by atoms with Gasteiger partial charge in [0.2, 0.25) is 0 Å². The second-order valence-corrected chi connectivity index (χ2v) is 6.69. The van der Waals surface area contributed by atoms with Crippen LogP contribution in [0, 0.1) is 11.6 Å². The number of aryl methyl sites for hydroxylation is 1. The Labute approximate surface area is 127 Å². The number of benzene rings is 1. The van der Waals surface area contributed by atoms with Crippen molar-refractivity contribution in [2.75, 3.05) is 13.6 Å². The summed E-state index contributed by atoms with van der Waals surface area (Å²) in [5.74, 6) is -0.591. The van der Waals surface area contributed by atoms with Crippen LogP contribution in [-0.4, -0.2) is 18.6 Å². The van der Waals surface area contributed by atoms with E-state index in [0.717, 1.165) is 30.5 Å². The molecule has 1 aliphatic carbocycles. The summed E-state index contributed by atoms with van der Waals surface area (Å²) >= 11 is 1.69. The minimum Gasteiger partial charge on any atom is -0.319 e. The van der Waals surface area contributed by atoms with E-state index in [-0.39, 0.29) is 0 Å². The molecule has 2 nitrogen and oxygen atoms in total. The number of hydrogen-bond donors (Lipinski definition) is 1. The molecule has 5 heteroatoms. The monoisotopic (exact) mass is 308 g/mol. The third-order valence-corrected chi connectivity index (χ3v) is 4.97. The van der Waals surface area contributed by atoms with Crippen molar-refractivity contribution in [2.24, 2.45) is 0 Å². The van der Waals surface area contributed by atoms with E-state index in [4.69, 9.17) is 4.98 Å². The Morgan fingerprint density at radius 3 is 2.76 bits per heavy atom. The van der Waals surface area contributed by atoms with Gasteiger partial charge in [-0.3, -0.25) is 0 Å². The summed E-state index contributed by atoms with van der Waals surface area (Å²) in [6, 6.07) is 3.67. The number of aromatic nitrogens is 1. The van der Waals surface area contributed by atoms with Crippen LogP contribution in [0.4, 0.5) is 8.78 Å². The second kappa shape index (κ2) is 6.20. The third kappa shape index (κ3) is 3.30. The van der Waals surface area contributed by atoms with Gasteiger partial charge in [0.05, 0.1) is 10.7 Å². The maximum Gasteiger partial charge on any atom is 0.126 e. The summed E-state index contributed by atoms with van der Waals surface area (Å²) in [5.41, 5.74) is 1.83. The van der Waals surface area contributed by atoms with Gasteiger partial charge in [0, 0.05) is 29.8 Å². The fourth-order valence-electron chi connectivity index (χ4n) is 2.97. The van der Waals surface area contributed by atoms with E-state index in [9.17, 15) is 8.78 Å². The zero-order chi connectivity index (χ0) is 14.8. The van der Waals surface area contributed by atoms with Gasteiger partial charge in [0.15, 0.2) is 0 Å². The first-order valence-electron chi connectivity index (χ1n) is 7.23. The van der Waals surface area contributed by atoms with Crippen molar-refractivity contribution in [3.8, 4) is 0 Å². The summed E-state index contributed by atoms with van der Waals surface area (Å²) in [7, 11) is 1.96. The number of nitrogens with zero attached hydrogens (tertiary/aromatic N) is 1. The molecule has 1 heterocycles. The lowest BCUT2D eigenvalue weighted by molar-refractivity contribution is 0.522. The third-order valence-electron chi connectivity index (χ3n) is 3.84. The molecule has 0 aliphatic heterocycles. The molecule has 21 heavy (non-hydrogen) atoms. The average molecular weight is 308 g/mol. The van der Waals surface area contributed by atoms with E-state index in [2.05, 4.69) is 5.32 Å². The Hall–Kier alpha value is -1.33. The van der Waals surface area contributed by atoms with Gasteiger partial charge in [-0.1, -0.05) is 0 Å². The number of nitrogens with one attached hydrogen (secondary N) is 1. The summed E-state index contributed by atoms with van der Waals surface area (Å²) in [5, 5.41) is 4.17. The van der Waals surface area contributed by atoms with Crippen molar-refractivity contribution in [3.63, 3.8) is 0 Å². The summed E-state index contributed by atoms with van der Waals surface area (Å²) in [6.45, 7) is 0.935. The highest BCUT2D eigenvalue weighted by molar-refractivity contribution is 7.11. The molecule has 1 N–H and O–H groups in total. The van der Waals surface area contributed by atoms with Gasteiger partial charge in [-0.2, -0.15) is 0 Å². The van der Waals surface area contributed by atoms with E-state index >= 15 is 0 Å². The lowest BCUT2D eigenvalue weighted by atomic mass is 9.91. The molecule has 0 saturated carbocycles. The van der Waals surface area contributed by atoms with Crippen LogP contribution in [-0.2, 0) is 12.8 Å². The summed E-state index contributed by atoms with van der Waals surface area (Å²) in [4.78, 5) is 6.08. The molecular weight excluding hydrogens is 290 g/mol. The number of fused-ring (bicyclic) bond motifs is 1. The molecule has 0 fully saturated rings. The topological polar surface area (TPSA) is 24.9 Å². The molecule has 0 amide bonds. The Balaban J connectivity index is 1.84. The maximum atomic E-state index is 13.3. The number of hydrogen-bond acceptors (Lipinski definition) is 3. The molecule has 1 atom stereocenters. The first-order valence-corrected chi connectivity index (χ1v) is 8.05. The van der Waals surface area contributed by atoms with Gasteiger partial charge < -0.3 is 5.32 Å². The van der Waals surface area contributed by atoms with E-state index in [1.54, 1.807) is 11.3 Å². The van der Waals surface area contributed by atoms with Crippen LogP contribution in [0.2, 0.25) is 0 Å². The second-order valence-electron chi connectivity index (χ2n) is 5.52. The van der Waals surface area contributed by atoms with E-state index in [1.165, 1.54) is 29.1 Å². The van der Waals surface area contributed by atoms with Crippen molar-refractivity contribution >= 4 is 11.3 Å². The minimum atomic E-state index is -0.528. The zero-order valence-corrected chi connectivity index (χ0v) is 12.8. The zero-order valence-electron chi connectivity index (χ0n) is 12.0. The molecule has 0 saturated heterocycles. The lowest BCUT2D eigenvalue weighted by Gasteiger charge is -2.20. The van der Waals surface area contributed by atoms with Gasteiger partial charge in [-0.25, -0.2) is 13.8 Å². The van der Waals surface area contributed by atoms with Crippen LogP contribution >= 0.6 is 11.3 Å². The highest BCUT2D eigenvalue weighted by atomic mass is 32.1. The Kier molecular flexibility index (Phi) is 4.31. The van der Waals surface area contributed by atoms with E-state index in [1.807, 2.05) is 7.05 Å². The van der Waals surface area contributed by atoms with Crippen molar-refractivity contribution in [1.82, 2.24) is 10.3 Å². The summed E-state index contributed by atoms with van der Waals surface area (Å²) in [6.07, 6.45) is 3.92. The van der Waals surface area contributed by atoms with Gasteiger partial charge in [0.25, 0.3) is 0 Å². The van der Waals surface area contributed by atoms with Crippen LogP contribution in [0.25, 0.3) is 0 Å². The van der Waals surface area contributed by atoms with E-state index < -0.39 is 11.6 Å². The number of rotatable bonds is 4. The average Bonchev–Trinajstić information content (AvgIpc) is 2.81. The van der Waals surface area contributed by atoms with Gasteiger partial charge in [0.1, 0.15) is 11.6 Å². The highest BCUT2D eigenvalue weighted by Gasteiger charge is 2.24. The highest BCUT2D eigenvalue weighted by Crippen LogP contribution is 2.35. The molecule has 2 aromatic rings. The minimum absolute atomic E-state index is 0.466. The number of halogens is 2. The molecular formula is C16H18F2N2S. The largest absolute Gasteiger partial charge is 0.319 e. The quantitative estimate of drug-likeness (QED) is 0.932. The SMILES string of the molecule is CNCC1CCCc2sc(Cc3cc(F)cc(F)c3)nc21. The number of thiazole rings is 1. The Morgan fingerprint density at radius 1 is 1.29 bits per heavy atom. The van der Waals surface area contributed by atoms with Crippen molar-refractivity contribution < 1.29 is 8.78 Å². The molecule has 1 aromatic carbocycles. The van der Waals surface area contributed by atoms with Gasteiger partial charge in [-0.15, -0.1) is 11.3 Å². The number of likely N-dealkylation sites (N-methyl/N-ethyl adjacent to an activating group) is 1. The molecule has 1 aliphatic rings. The van der Waals surface area contributed by atoms with Crippen molar-refractivity contribution in [2.45, 2.75) is 31.6 Å². The maximum absolute atomic E-state index is 13.3. The first-order chi connectivity index (χ1) is 10.2. The fraction of sp³-hybridized carbons (Fsp3) is 0.438. The Bertz CT molecular complexity index is 619. The fourth-order valence-corrected chi connectivity index (χ4v) is 4.20. The van der Waals surface area contributed by atoms with Crippen molar-refractivity contribution in [3.05, 3.63) is 51.0 Å². The summed E-state index contributed by atoms with van der Waals surface area (Å²) < 4.78 is 26.5. The predicted octanol–water partition coefficient (Wildman–Crippen LogP) is 3.65. The van der Waals surface area contributed by atoms with Gasteiger partial charge in [-0.05, 0) is 44.0 Å². The van der Waals surface area contributed by atoms with Crippen LogP contribution in [0.5, 0.6) is 0 Å². The molecule has 1 aromatic heterocycles. The van der Waals surface area contributed by atoms with Crippen LogP contribution in [0.1, 0.15) is 39.9 Å². The normalized spacial score (nSPS) is 17.8. The standard InChI is InChI=1S/C16H18F2N2S/c1-19-9-11-3-2-4-14-16(11)20-15(21-14)7-10-5-12(17)8-13(18)6-10/h5-6,8,11,19H,2-4,7,9H2,1H3. The lowest BCUT2D eigenvalue weighted by Crippen LogP contribution is -2.21. The van der Waals surface area contributed by atoms with Crippen LogP contribution < -0.4 is 5.32 Å². The molecule has 0 radical (unpaired) electrons. The first kappa shape index (κ1) is 14.6. The molecule has 112 valence electrons. The molecule has 1 unspecified atom stereocenters. The smallest absolute Gasteiger partial charge is 0.126 e. The molecule has 0 bridgehead atoms. The van der Waals surface area contributed by atoms with Crippen LogP contribution in [0.15, 0.2) is 18.2 Å². The predicted molar refractivity (Wildman–Crippen MR) is 80.9 cm³/mol. The van der Waals surface area contributed by atoms with E-state index in [0.29, 0.717) is 17.9 Å². The molecule has 3 rings (SSSR count). The van der Waals surface area contributed by atoms with Gasteiger partial charge >= 0.3 is 0 Å². The van der Waals surface area contributed by atoms with Crippen molar-refractivity contribution in [1.29, 1.82) is 0 Å². The molecule has 0 spiro atoms.